The first-order chi connectivity index (χ1) is 15.9. The molecule has 0 aliphatic carbocycles. The fourth-order valence-corrected chi connectivity index (χ4v) is 4.61. The van der Waals surface area contributed by atoms with E-state index in [2.05, 4.69) is 10.3 Å². The third-order valence-corrected chi connectivity index (χ3v) is 6.33. The van der Waals surface area contributed by atoms with Gasteiger partial charge in [-0.05, 0) is 55.8 Å². The Morgan fingerprint density at radius 2 is 1.76 bits per heavy atom. The number of nitrogens with one attached hydrogen (secondary N) is 1. The molecule has 1 aliphatic rings. The van der Waals surface area contributed by atoms with Gasteiger partial charge in [0.2, 0.25) is 0 Å². The van der Waals surface area contributed by atoms with E-state index >= 15 is 0 Å². The van der Waals surface area contributed by atoms with Gasteiger partial charge in [0.25, 0.3) is 11.8 Å². The van der Waals surface area contributed by atoms with Crippen molar-refractivity contribution < 1.29 is 19.1 Å². The van der Waals surface area contributed by atoms with Gasteiger partial charge in [0, 0.05) is 36.1 Å². The molecule has 2 aromatic carbocycles. The average molecular weight is 466 g/mol. The van der Waals surface area contributed by atoms with Gasteiger partial charge in [0.15, 0.2) is 0 Å². The molecule has 7 nitrogen and oxygen atoms in total. The van der Waals surface area contributed by atoms with Crippen LogP contribution < -0.4 is 10.1 Å². The molecule has 1 aliphatic heterocycles. The molecular formula is C25H27N3O4S. The number of methoxy groups -OCH3 is 1. The minimum atomic E-state index is -0.234. The van der Waals surface area contributed by atoms with Crippen molar-refractivity contribution in [1.29, 1.82) is 0 Å². The van der Waals surface area contributed by atoms with Crippen molar-refractivity contribution in [3.8, 4) is 16.3 Å². The van der Waals surface area contributed by atoms with Crippen LogP contribution in [0.5, 0.6) is 5.75 Å². The monoisotopic (exact) mass is 465 g/mol. The molecule has 1 saturated heterocycles. The number of morpholine rings is 1. The Kier molecular flexibility index (Phi) is 7.05. The molecule has 2 unspecified atom stereocenters. The largest absolute Gasteiger partial charge is 0.497 e. The van der Waals surface area contributed by atoms with Gasteiger partial charge in [0.1, 0.15) is 16.5 Å². The second kappa shape index (κ2) is 10.1. The van der Waals surface area contributed by atoms with E-state index in [9.17, 15) is 9.59 Å². The van der Waals surface area contributed by atoms with Gasteiger partial charge >= 0.3 is 0 Å². The zero-order valence-corrected chi connectivity index (χ0v) is 19.7. The molecular weight excluding hydrogens is 438 g/mol. The van der Waals surface area contributed by atoms with Crippen LogP contribution in [0.2, 0.25) is 0 Å². The Balaban J connectivity index is 1.33. The SMILES string of the molecule is COc1ccc(-c2nc(C(=O)NCc3ccc(C(=O)N4CC(C)OC(C)C4)cc3)cs2)cc1. The van der Waals surface area contributed by atoms with E-state index in [1.54, 1.807) is 24.6 Å². The first-order valence-electron chi connectivity index (χ1n) is 10.8. The summed E-state index contributed by atoms with van der Waals surface area (Å²) in [6.07, 6.45) is 0.0614. The van der Waals surface area contributed by atoms with Crippen LogP contribution in [0.25, 0.3) is 10.6 Å². The Morgan fingerprint density at radius 1 is 1.09 bits per heavy atom. The number of thiazole rings is 1. The minimum Gasteiger partial charge on any atom is -0.497 e. The summed E-state index contributed by atoms with van der Waals surface area (Å²) >= 11 is 1.42. The molecule has 2 heterocycles. The zero-order valence-electron chi connectivity index (χ0n) is 18.9. The molecule has 33 heavy (non-hydrogen) atoms. The third-order valence-electron chi connectivity index (χ3n) is 5.43. The molecule has 1 N–H and O–H groups in total. The van der Waals surface area contributed by atoms with Crippen molar-refractivity contribution in [2.75, 3.05) is 20.2 Å². The molecule has 1 aromatic heterocycles. The smallest absolute Gasteiger partial charge is 0.271 e. The quantitative estimate of drug-likeness (QED) is 0.595. The van der Waals surface area contributed by atoms with Crippen molar-refractivity contribution in [1.82, 2.24) is 15.2 Å². The van der Waals surface area contributed by atoms with Crippen LogP contribution in [0.1, 0.15) is 40.3 Å². The fraction of sp³-hybridized carbons (Fsp3) is 0.320. The van der Waals surface area contributed by atoms with E-state index in [0.29, 0.717) is 30.9 Å². The van der Waals surface area contributed by atoms with Gasteiger partial charge in [0.05, 0.1) is 19.3 Å². The number of rotatable bonds is 6. The maximum absolute atomic E-state index is 12.8. The van der Waals surface area contributed by atoms with Crippen LogP contribution in [0.4, 0.5) is 0 Å². The Labute approximate surface area is 197 Å². The minimum absolute atomic E-state index is 0.00104. The normalized spacial score (nSPS) is 18.1. The summed E-state index contributed by atoms with van der Waals surface area (Å²) in [6.45, 7) is 5.49. The second-order valence-corrected chi connectivity index (χ2v) is 8.97. The number of benzene rings is 2. The molecule has 3 aromatic rings. The average Bonchev–Trinajstić information content (AvgIpc) is 3.32. The number of amides is 2. The molecule has 8 heteroatoms. The van der Waals surface area contributed by atoms with E-state index in [1.807, 2.05) is 55.1 Å². The molecule has 172 valence electrons. The molecule has 0 spiro atoms. The highest BCUT2D eigenvalue weighted by Crippen LogP contribution is 2.25. The summed E-state index contributed by atoms with van der Waals surface area (Å²) in [5, 5.41) is 5.42. The van der Waals surface area contributed by atoms with Crippen molar-refractivity contribution in [2.24, 2.45) is 0 Å². The maximum atomic E-state index is 12.8. The molecule has 0 radical (unpaired) electrons. The fourth-order valence-electron chi connectivity index (χ4n) is 3.81. The van der Waals surface area contributed by atoms with Gasteiger partial charge in [-0.25, -0.2) is 4.98 Å². The summed E-state index contributed by atoms with van der Waals surface area (Å²) in [4.78, 5) is 31.6. The van der Waals surface area contributed by atoms with Gasteiger partial charge in [-0.1, -0.05) is 12.1 Å². The number of carbonyl (C=O) groups is 2. The van der Waals surface area contributed by atoms with Crippen LogP contribution in [0.15, 0.2) is 53.9 Å². The Bertz CT molecular complexity index is 1100. The van der Waals surface area contributed by atoms with E-state index in [0.717, 1.165) is 21.9 Å². The van der Waals surface area contributed by atoms with Crippen LogP contribution in [0, 0.1) is 0 Å². The van der Waals surface area contributed by atoms with Crippen LogP contribution in [0.3, 0.4) is 0 Å². The predicted octanol–water partition coefficient (Wildman–Crippen LogP) is 4.00. The molecule has 0 saturated carbocycles. The van der Waals surface area contributed by atoms with Gasteiger partial charge in [-0.2, -0.15) is 0 Å². The maximum Gasteiger partial charge on any atom is 0.271 e. The van der Waals surface area contributed by atoms with Crippen LogP contribution in [-0.4, -0.2) is 54.1 Å². The molecule has 2 amide bonds. The lowest BCUT2D eigenvalue weighted by molar-refractivity contribution is -0.0586. The van der Waals surface area contributed by atoms with Crippen molar-refractivity contribution in [2.45, 2.75) is 32.6 Å². The van der Waals surface area contributed by atoms with Crippen molar-refractivity contribution >= 4 is 23.2 Å². The summed E-state index contributed by atoms with van der Waals surface area (Å²) in [7, 11) is 1.62. The van der Waals surface area contributed by atoms with E-state index < -0.39 is 0 Å². The Morgan fingerprint density at radius 3 is 2.39 bits per heavy atom. The zero-order chi connectivity index (χ0) is 23.4. The second-order valence-electron chi connectivity index (χ2n) is 8.11. The van der Waals surface area contributed by atoms with Crippen LogP contribution >= 0.6 is 11.3 Å². The van der Waals surface area contributed by atoms with E-state index in [-0.39, 0.29) is 24.0 Å². The number of hydrogen-bond donors (Lipinski definition) is 1. The summed E-state index contributed by atoms with van der Waals surface area (Å²) < 4.78 is 10.9. The predicted molar refractivity (Wildman–Crippen MR) is 128 cm³/mol. The summed E-state index contributed by atoms with van der Waals surface area (Å²) in [5.74, 6) is 0.540. The van der Waals surface area contributed by atoms with E-state index in [1.165, 1.54) is 11.3 Å². The van der Waals surface area contributed by atoms with Crippen molar-refractivity contribution in [3.05, 3.63) is 70.7 Å². The number of hydrogen-bond acceptors (Lipinski definition) is 6. The highest BCUT2D eigenvalue weighted by atomic mass is 32.1. The number of carbonyl (C=O) groups excluding carboxylic acids is 2. The van der Waals surface area contributed by atoms with E-state index in [4.69, 9.17) is 9.47 Å². The Hall–Kier alpha value is -3.23. The lowest BCUT2D eigenvalue weighted by atomic mass is 10.1. The highest BCUT2D eigenvalue weighted by Gasteiger charge is 2.26. The van der Waals surface area contributed by atoms with Gasteiger partial charge in [-0.15, -0.1) is 11.3 Å². The first-order valence-corrected chi connectivity index (χ1v) is 11.7. The summed E-state index contributed by atoms with van der Waals surface area (Å²) in [5.41, 5.74) is 2.86. The summed E-state index contributed by atoms with van der Waals surface area (Å²) in [6, 6.07) is 14.9. The highest BCUT2D eigenvalue weighted by molar-refractivity contribution is 7.13. The van der Waals surface area contributed by atoms with Crippen LogP contribution in [-0.2, 0) is 11.3 Å². The molecule has 1 fully saturated rings. The van der Waals surface area contributed by atoms with Crippen molar-refractivity contribution in [3.63, 3.8) is 0 Å². The lowest BCUT2D eigenvalue weighted by Crippen LogP contribution is -2.48. The number of aromatic nitrogens is 1. The standard InChI is InChI=1S/C25H27N3O4S/c1-16-13-28(14-17(2)32-16)25(30)20-6-4-18(5-7-20)12-26-23(29)22-15-33-24(27-22)19-8-10-21(31-3)11-9-19/h4-11,15-17H,12-14H2,1-3H3,(H,26,29). The third kappa shape index (κ3) is 5.58. The molecule has 0 bridgehead atoms. The number of nitrogens with zero attached hydrogens (tertiary/aromatic N) is 2. The number of ether oxygens (including phenoxy) is 2. The first kappa shape index (κ1) is 22.9. The lowest BCUT2D eigenvalue weighted by Gasteiger charge is -2.35. The molecule has 4 rings (SSSR count). The van der Waals surface area contributed by atoms with Gasteiger partial charge in [-0.3, -0.25) is 9.59 Å². The topological polar surface area (TPSA) is 80.8 Å². The molecule has 2 atom stereocenters. The van der Waals surface area contributed by atoms with Gasteiger partial charge < -0.3 is 19.7 Å².